The zero-order valence-electron chi connectivity index (χ0n) is 11.2. The average molecular weight is 268 g/mol. The third-order valence-corrected chi connectivity index (χ3v) is 3.27. The maximum absolute atomic E-state index is 11.7. The first-order chi connectivity index (χ1) is 8.67. The number of carbonyl (C=O) groups excluding carboxylic acids is 1. The third kappa shape index (κ3) is 5.19. The molecule has 3 heteroatoms. The number of rotatable bonds is 8. The van der Waals surface area contributed by atoms with Gasteiger partial charge in [-0.05, 0) is 43.5 Å². The lowest BCUT2D eigenvalue weighted by atomic mass is 10.0. The molecule has 1 aromatic carbocycles. The lowest BCUT2D eigenvalue weighted by molar-refractivity contribution is -0.120. The summed E-state index contributed by atoms with van der Waals surface area (Å²) in [7, 11) is 0. The summed E-state index contributed by atoms with van der Waals surface area (Å²) in [6.07, 6.45) is 3.48. The minimum atomic E-state index is 0.0131. The fraction of sp³-hybridized carbons (Fsp3) is 0.533. The number of Topliss-reactive ketones (excluding diaryl/α,β-unsaturated/α-hetero) is 1. The molecule has 0 aliphatic heterocycles. The Kier molecular flexibility index (Phi) is 6.99. The number of benzene rings is 1. The first kappa shape index (κ1) is 15.2. The van der Waals surface area contributed by atoms with Crippen molar-refractivity contribution in [2.24, 2.45) is 0 Å². The standard InChI is InChI=1S/C15H22ClNO/c1-3-15(18)14(17-4-2)10-6-8-12-7-5-9-13(16)11-12/h5,7,9,11,14,17H,3-4,6,8,10H2,1-2H3. The van der Waals surface area contributed by atoms with Crippen molar-refractivity contribution in [3.8, 4) is 0 Å². The van der Waals surface area contributed by atoms with E-state index in [1.165, 1.54) is 5.56 Å². The Bertz CT molecular complexity index is 379. The van der Waals surface area contributed by atoms with Crippen LogP contribution in [0.25, 0.3) is 0 Å². The first-order valence-electron chi connectivity index (χ1n) is 6.67. The van der Waals surface area contributed by atoms with E-state index in [2.05, 4.69) is 11.4 Å². The molecule has 18 heavy (non-hydrogen) atoms. The van der Waals surface area contributed by atoms with Gasteiger partial charge in [0.2, 0.25) is 0 Å². The quantitative estimate of drug-likeness (QED) is 0.779. The number of nitrogens with one attached hydrogen (secondary N) is 1. The molecule has 1 atom stereocenters. The molecule has 1 aromatic rings. The minimum absolute atomic E-state index is 0.0131. The second-order valence-electron chi connectivity index (χ2n) is 4.45. The second kappa shape index (κ2) is 8.28. The molecular weight excluding hydrogens is 246 g/mol. The highest BCUT2D eigenvalue weighted by molar-refractivity contribution is 6.30. The van der Waals surface area contributed by atoms with Gasteiger partial charge in [0.05, 0.1) is 6.04 Å². The SMILES string of the molecule is CCNC(CCCc1cccc(Cl)c1)C(=O)CC. The molecule has 0 aromatic heterocycles. The van der Waals surface area contributed by atoms with Crippen LogP contribution in [0.15, 0.2) is 24.3 Å². The molecule has 0 bridgehead atoms. The van der Waals surface area contributed by atoms with Crippen LogP contribution in [0.4, 0.5) is 0 Å². The van der Waals surface area contributed by atoms with Crippen molar-refractivity contribution in [3.63, 3.8) is 0 Å². The maximum Gasteiger partial charge on any atom is 0.149 e. The van der Waals surface area contributed by atoms with Gasteiger partial charge in [-0.25, -0.2) is 0 Å². The Morgan fingerprint density at radius 3 is 2.78 bits per heavy atom. The van der Waals surface area contributed by atoms with E-state index < -0.39 is 0 Å². The van der Waals surface area contributed by atoms with Crippen molar-refractivity contribution in [2.75, 3.05) is 6.54 Å². The van der Waals surface area contributed by atoms with E-state index in [1.54, 1.807) is 0 Å². The normalized spacial score (nSPS) is 12.4. The highest BCUT2D eigenvalue weighted by Gasteiger charge is 2.14. The van der Waals surface area contributed by atoms with Gasteiger partial charge in [-0.15, -0.1) is 0 Å². The summed E-state index contributed by atoms with van der Waals surface area (Å²) in [5.74, 6) is 0.308. The molecule has 0 fully saturated rings. The Balaban J connectivity index is 2.41. The number of carbonyl (C=O) groups is 1. The summed E-state index contributed by atoms with van der Waals surface area (Å²) in [5, 5.41) is 4.03. The highest BCUT2D eigenvalue weighted by atomic mass is 35.5. The third-order valence-electron chi connectivity index (χ3n) is 3.03. The molecule has 0 aliphatic rings. The fourth-order valence-electron chi connectivity index (χ4n) is 2.07. The largest absolute Gasteiger partial charge is 0.308 e. The van der Waals surface area contributed by atoms with Crippen LogP contribution >= 0.6 is 11.6 Å². The zero-order chi connectivity index (χ0) is 13.4. The van der Waals surface area contributed by atoms with Crippen molar-refractivity contribution >= 4 is 17.4 Å². The van der Waals surface area contributed by atoms with Gasteiger partial charge >= 0.3 is 0 Å². The Hall–Kier alpha value is -0.860. The van der Waals surface area contributed by atoms with Gasteiger partial charge in [-0.2, -0.15) is 0 Å². The zero-order valence-corrected chi connectivity index (χ0v) is 12.0. The molecule has 0 amide bonds. The van der Waals surface area contributed by atoms with Crippen LogP contribution in [0, 0.1) is 0 Å². The molecule has 0 spiro atoms. The Labute approximate surface area is 115 Å². The molecule has 0 saturated heterocycles. The highest BCUT2D eigenvalue weighted by Crippen LogP contribution is 2.13. The second-order valence-corrected chi connectivity index (χ2v) is 4.89. The van der Waals surface area contributed by atoms with E-state index in [4.69, 9.17) is 11.6 Å². The molecule has 1 rings (SSSR count). The van der Waals surface area contributed by atoms with E-state index in [1.807, 2.05) is 32.0 Å². The summed E-state index contributed by atoms with van der Waals surface area (Å²) in [5.41, 5.74) is 1.24. The van der Waals surface area contributed by atoms with Crippen LogP contribution in [0.2, 0.25) is 5.02 Å². The van der Waals surface area contributed by atoms with E-state index in [0.717, 1.165) is 30.8 Å². The van der Waals surface area contributed by atoms with Crippen molar-refractivity contribution in [1.29, 1.82) is 0 Å². The van der Waals surface area contributed by atoms with Gasteiger partial charge in [0.1, 0.15) is 5.78 Å². The molecule has 100 valence electrons. The van der Waals surface area contributed by atoms with E-state index >= 15 is 0 Å². The topological polar surface area (TPSA) is 29.1 Å². The van der Waals surface area contributed by atoms with E-state index in [9.17, 15) is 4.79 Å². The van der Waals surface area contributed by atoms with Gasteiger partial charge < -0.3 is 5.32 Å². The number of hydrogen-bond donors (Lipinski definition) is 1. The summed E-state index contributed by atoms with van der Waals surface area (Å²) >= 11 is 5.94. The van der Waals surface area contributed by atoms with Crippen molar-refractivity contribution in [3.05, 3.63) is 34.9 Å². The van der Waals surface area contributed by atoms with Crippen molar-refractivity contribution in [2.45, 2.75) is 45.6 Å². The predicted molar refractivity (Wildman–Crippen MR) is 77.2 cm³/mol. The van der Waals surface area contributed by atoms with E-state index in [0.29, 0.717) is 12.2 Å². The molecule has 2 nitrogen and oxygen atoms in total. The maximum atomic E-state index is 11.7. The summed E-state index contributed by atoms with van der Waals surface area (Å²) in [6, 6.07) is 7.93. The monoisotopic (exact) mass is 267 g/mol. The predicted octanol–water partition coefficient (Wildman–Crippen LogP) is 3.62. The van der Waals surface area contributed by atoms with Crippen LogP contribution in [0.3, 0.4) is 0 Å². The first-order valence-corrected chi connectivity index (χ1v) is 7.05. The van der Waals surface area contributed by atoms with Crippen LogP contribution in [-0.4, -0.2) is 18.4 Å². The number of ketones is 1. The summed E-state index contributed by atoms with van der Waals surface area (Å²) in [4.78, 5) is 11.7. The number of hydrogen-bond acceptors (Lipinski definition) is 2. The van der Waals surface area contributed by atoms with Crippen molar-refractivity contribution in [1.82, 2.24) is 5.32 Å². The van der Waals surface area contributed by atoms with Crippen LogP contribution in [0.1, 0.15) is 38.7 Å². The molecular formula is C15H22ClNO. The fourth-order valence-corrected chi connectivity index (χ4v) is 2.29. The van der Waals surface area contributed by atoms with Crippen LogP contribution in [0.5, 0.6) is 0 Å². The van der Waals surface area contributed by atoms with E-state index in [-0.39, 0.29) is 6.04 Å². The summed E-state index contributed by atoms with van der Waals surface area (Å²) < 4.78 is 0. The van der Waals surface area contributed by atoms with Gasteiger partial charge in [0, 0.05) is 11.4 Å². The Morgan fingerprint density at radius 2 is 2.17 bits per heavy atom. The Morgan fingerprint density at radius 1 is 1.39 bits per heavy atom. The summed E-state index contributed by atoms with van der Waals surface area (Å²) in [6.45, 7) is 4.80. The van der Waals surface area contributed by atoms with Crippen LogP contribution < -0.4 is 5.32 Å². The van der Waals surface area contributed by atoms with Crippen molar-refractivity contribution < 1.29 is 4.79 Å². The molecule has 0 saturated carbocycles. The van der Waals surface area contributed by atoms with Gasteiger partial charge in [0.15, 0.2) is 0 Å². The molecule has 0 radical (unpaired) electrons. The molecule has 0 aliphatic carbocycles. The smallest absolute Gasteiger partial charge is 0.149 e. The van der Waals surface area contributed by atoms with Gasteiger partial charge in [-0.1, -0.05) is 37.6 Å². The van der Waals surface area contributed by atoms with Crippen LogP contribution in [-0.2, 0) is 11.2 Å². The number of halogens is 1. The molecule has 0 heterocycles. The minimum Gasteiger partial charge on any atom is -0.308 e. The number of likely N-dealkylation sites (N-methyl/N-ethyl adjacent to an activating group) is 1. The lowest BCUT2D eigenvalue weighted by Gasteiger charge is -2.15. The molecule has 1 unspecified atom stereocenters. The molecule has 1 N–H and O–H groups in total. The van der Waals surface area contributed by atoms with Gasteiger partial charge in [0.25, 0.3) is 0 Å². The number of aryl methyl sites for hydroxylation is 1. The lowest BCUT2D eigenvalue weighted by Crippen LogP contribution is -2.36. The average Bonchev–Trinajstić information content (AvgIpc) is 2.37. The van der Waals surface area contributed by atoms with Gasteiger partial charge in [-0.3, -0.25) is 4.79 Å².